The van der Waals surface area contributed by atoms with Gasteiger partial charge in [-0.05, 0) is 19.8 Å². The van der Waals surface area contributed by atoms with Gasteiger partial charge in [0, 0.05) is 0 Å². The van der Waals surface area contributed by atoms with E-state index in [0.29, 0.717) is 0 Å². The van der Waals surface area contributed by atoms with Crippen LogP contribution in [0.5, 0.6) is 0 Å². The van der Waals surface area contributed by atoms with Crippen LogP contribution in [0.1, 0.15) is 85.0 Å². The van der Waals surface area contributed by atoms with E-state index in [4.69, 9.17) is 0 Å². The lowest BCUT2D eigenvalue weighted by Gasteiger charge is -2.24. The third-order valence-corrected chi connectivity index (χ3v) is 3.68. The van der Waals surface area contributed by atoms with Gasteiger partial charge in [0.05, 0.1) is 5.41 Å². The SMILES string of the molecule is CCCCCCCCC(C)(CCCC)C(=O)O. The first kappa shape index (κ1) is 16.5. The van der Waals surface area contributed by atoms with Crippen LogP contribution in [0.3, 0.4) is 0 Å². The average molecular weight is 242 g/mol. The van der Waals surface area contributed by atoms with Gasteiger partial charge in [-0.2, -0.15) is 0 Å². The summed E-state index contributed by atoms with van der Waals surface area (Å²) < 4.78 is 0. The molecule has 102 valence electrons. The molecule has 1 unspecified atom stereocenters. The number of hydrogen-bond acceptors (Lipinski definition) is 1. The molecule has 0 fully saturated rings. The molecule has 1 atom stereocenters. The van der Waals surface area contributed by atoms with E-state index in [1.807, 2.05) is 6.92 Å². The van der Waals surface area contributed by atoms with Crippen molar-refractivity contribution in [1.29, 1.82) is 0 Å². The molecule has 0 radical (unpaired) electrons. The molecular formula is C15H30O2. The fraction of sp³-hybridized carbons (Fsp3) is 0.933. The highest BCUT2D eigenvalue weighted by molar-refractivity contribution is 5.74. The molecule has 0 saturated heterocycles. The van der Waals surface area contributed by atoms with Crippen molar-refractivity contribution >= 4 is 5.97 Å². The molecule has 0 aromatic rings. The summed E-state index contributed by atoms with van der Waals surface area (Å²) in [7, 11) is 0. The molecule has 0 aromatic carbocycles. The maximum atomic E-state index is 11.3. The first-order chi connectivity index (χ1) is 8.06. The van der Waals surface area contributed by atoms with Crippen molar-refractivity contribution in [3.05, 3.63) is 0 Å². The van der Waals surface area contributed by atoms with Gasteiger partial charge in [-0.25, -0.2) is 0 Å². The molecule has 0 rings (SSSR count). The Morgan fingerprint density at radius 3 is 1.88 bits per heavy atom. The van der Waals surface area contributed by atoms with Crippen molar-refractivity contribution in [3.63, 3.8) is 0 Å². The second-order valence-corrected chi connectivity index (χ2v) is 5.49. The van der Waals surface area contributed by atoms with E-state index in [1.165, 1.54) is 32.1 Å². The minimum Gasteiger partial charge on any atom is -0.481 e. The van der Waals surface area contributed by atoms with Crippen LogP contribution in [0.25, 0.3) is 0 Å². The summed E-state index contributed by atoms with van der Waals surface area (Å²) in [6, 6.07) is 0. The number of unbranched alkanes of at least 4 members (excludes halogenated alkanes) is 6. The van der Waals surface area contributed by atoms with Gasteiger partial charge in [-0.15, -0.1) is 0 Å². The second-order valence-electron chi connectivity index (χ2n) is 5.49. The van der Waals surface area contributed by atoms with E-state index >= 15 is 0 Å². The third kappa shape index (κ3) is 7.40. The molecule has 1 N–H and O–H groups in total. The van der Waals surface area contributed by atoms with Crippen LogP contribution in [0.15, 0.2) is 0 Å². The summed E-state index contributed by atoms with van der Waals surface area (Å²) in [6.45, 7) is 6.25. The van der Waals surface area contributed by atoms with E-state index in [9.17, 15) is 9.90 Å². The Morgan fingerprint density at radius 2 is 1.35 bits per heavy atom. The zero-order valence-electron chi connectivity index (χ0n) is 11.9. The molecule has 0 aliphatic heterocycles. The summed E-state index contributed by atoms with van der Waals surface area (Å²) in [6.07, 6.45) is 11.2. The molecule has 17 heavy (non-hydrogen) atoms. The minimum atomic E-state index is -0.612. The lowest BCUT2D eigenvalue weighted by molar-refractivity contribution is -0.149. The topological polar surface area (TPSA) is 37.3 Å². The van der Waals surface area contributed by atoms with Crippen LogP contribution in [0.2, 0.25) is 0 Å². The molecule has 0 heterocycles. The van der Waals surface area contributed by atoms with E-state index < -0.39 is 11.4 Å². The predicted molar refractivity (Wildman–Crippen MR) is 73.3 cm³/mol. The summed E-state index contributed by atoms with van der Waals surface area (Å²) in [5, 5.41) is 9.30. The van der Waals surface area contributed by atoms with E-state index in [2.05, 4.69) is 13.8 Å². The molecule has 0 aliphatic rings. The highest BCUT2D eigenvalue weighted by atomic mass is 16.4. The van der Waals surface area contributed by atoms with E-state index in [-0.39, 0.29) is 0 Å². The molecule has 0 spiro atoms. The van der Waals surface area contributed by atoms with Crippen molar-refractivity contribution in [2.24, 2.45) is 5.41 Å². The first-order valence-corrected chi connectivity index (χ1v) is 7.30. The number of hydrogen-bond donors (Lipinski definition) is 1. The Hall–Kier alpha value is -0.530. The number of rotatable bonds is 11. The van der Waals surface area contributed by atoms with Crippen molar-refractivity contribution in [2.75, 3.05) is 0 Å². The van der Waals surface area contributed by atoms with Crippen LogP contribution < -0.4 is 0 Å². The van der Waals surface area contributed by atoms with Crippen molar-refractivity contribution < 1.29 is 9.90 Å². The van der Waals surface area contributed by atoms with Crippen LogP contribution in [-0.2, 0) is 4.79 Å². The highest BCUT2D eigenvalue weighted by Gasteiger charge is 2.31. The van der Waals surface area contributed by atoms with Gasteiger partial charge in [0.1, 0.15) is 0 Å². The van der Waals surface area contributed by atoms with Gasteiger partial charge in [0.2, 0.25) is 0 Å². The predicted octanol–water partition coefficient (Wildman–Crippen LogP) is 5.02. The minimum absolute atomic E-state index is 0.485. The molecule has 0 aromatic heterocycles. The Morgan fingerprint density at radius 1 is 0.882 bits per heavy atom. The molecule has 0 amide bonds. The Balaban J connectivity index is 3.81. The zero-order valence-corrected chi connectivity index (χ0v) is 11.9. The van der Waals surface area contributed by atoms with Crippen molar-refractivity contribution in [2.45, 2.75) is 85.0 Å². The summed E-state index contributed by atoms with van der Waals surface area (Å²) in [4.78, 5) is 11.3. The van der Waals surface area contributed by atoms with Crippen LogP contribution in [-0.4, -0.2) is 11.1 Å². The smallest absolute Gasteiger partial charge is 0.309 e. The average Bonchev–Trinajstić information content (AvgIpc) is 2.31. The maximum absolute atomic E-state index is 11.3. The standard InChI is InChI=1S/C15H30O2/c1-4-6-8-9-10-11-13-15(3,14(16)17)12-7-5-2/h4-13H2,1-3H3,(H,16,17). The van der Waals surface area contributed by atoms with Gasteiger partial charge in [0.15, 0.2) is 0 Å². The number of aliphatic carboxylic acids is 1. The fourth-order valence-electron chi connectivity index (χ4n) is 2.20. The highest BCUT2D eigenvalue weighted by Crippen LogP contribution is 2.31. The lowest BCUT2D eigenvalue weighted by Crippen LogP contribution is -2.27. The largest absolute Gasteiger partial charge is 0.481 e. The first-order valence-electron chi connectivity index (χ1n) is 7.30. The number of carboxylic acids is 1. The van der Waals surface area contributed by atoms with Gasteiger partial charge in [-0.3, -0.25) is 4.79 Å². The molecule has 0 bridgehead atoms. The molecular weight excluding hydrogens is 212 g/mol. The molecule has 2 nitrogen and oxygen atoms in total. The number of carbonyl (C=O) groups is 1. The van der Waals surface area contributed by atoms with Crippen LogP contribution in [0, 0.1) is 5.41 Å². The zero-order chi connectivity index (χ0) is 13.1. The van der Waals surface area contributed by atoms with Crippen molar-refractivity contribution in [1.82, 2.24) is 0 Å². The van der Waals surface area contributed by atoms with Crippen LogP contribution >= 0.6 is 0 Å². The molecule has 0 saturated carbocycles. The number of carboxylic acid groups (broad SMARTS) is 1. The second kappa shape index (κ2) is 9.49. The van der Waals surface area contributed by atoms with Gasteiger partial charge < -0.3 is 5.11 Å². The third-order valence-electron chi connectivity index (χ3n) is 3.68. The monoisotopic (exact) mass is 242 g/mol. The Kier molecular flexibility index (Phi) is 9.20. The molecule has 2 heteroatoms. The Bertz CT molecular complexity index is 201. The normalized spacial score (nSPS) is 14.5. The fourth-order valence-corrected chi connectivity index (χ4v) is 2.20. The summed E-state index contributed by atoms with van der Waals surface area (Å²) in [5.41, 5.74) is -0.485. The van der Waals surface area contributed by atoms with Crippen LogP contribution in [0.4, 0.5) is 0 Å². The Labute approximate surface area is 107 Å². The van der Waals surface area contributed by atoms with E-state index in [1.54, 1.807) is 0 Å². The van der Waals surface area contributed by atoms with Gasteiger partial charge in [-0.1, -0.05) is 65.2 Å². The van der Waals surface area contributed by atoms with E-state index in [0.717, 1.165) is 32.1 Å². The maximum Gasteiger partial charge on any atom is 0.309 e. The quantitative estimate of drug-likeness (QED) is 0.517. The van der Waals surface area contributed by atoms with Gasteiger partial charge in [0.25, 0.3) is 0 Å². The van der Waals surface area contributed by atoms with Crippen molar-refractivity contribution in [3.8, 4) is 0 Å². The van der Waals surface area contributed by atoms with Gasteiger partial charge >= 0.3 is 5.97 Å². The molecule has 0 aliphatic carbocycles. The summed E-state index contributed by atoms with van der Waals surface area (Å²) >= 11 is 0. The lowest BCUT2D eigenvalue weighted by atomic mass is 9.80. The summed E-state index contributed by atoms with van der Waals surface area (Å²) in [5.74, 6) is -0.612.